The first-order chi connectivity index (χ1) is 14.6. The van der Waals surface area contributed by atoms with Gasteiger partial charge in [-0.05, 0) is 32.0 Å². The highest BCUT2D eigenvalue weighted by Gasteiger charge is 2.25. The summed E-state index contributed by atoms with van der Waals surface area (Å²) in [4.78, 5) is 22.3. The summed E-state index contributed by atoms with van der Waals surface area (Å²) in [5, 5.41) is 5.18. The number of thiazole rings is 1. The van der Waals surface area contributed by atoms with Crippen molar-refractivity contribution >= 4 is 32.6 Å². The molecular weight excluding hydrogens is 402 g/mol. The van der Waals surface area contributed by atoms with Crippen molar-refractivity contribution in [3.63, 3.8) is 0 Å². The Labute approximate surface area is 180 Å². The van der Waals surface area contributed by atoms with E-state index in [4.69, 9.17) is 14.5 Å². The minimum Gasteiger partial charge on any atom is -0.497 e. The lowest BCUT2D eigenvalue weighted by molar-refractivity contribution is 0.0391. The third-order valence-electron chi connectivity index (χ3n) is 5.30. The molecule has 0 aliphatic carbocycles. The first-order valence-corrected chi connectivity index (χ1v) is 11.0. The normalized spacial score (nSPS) is 14.9. The molecule has 160 valence electrons. The summed E-state index contributed by atoms with van der Waals surface area (Å²) in [5.74, 6) is 0.632. The molecule has 0 saturated carbocycles. The van der Waals surface area contributed by atoms with Gasteiger partial charge in [-0.15, -0.1) is 0 Å². The lowest BCUT2D eigenvalue weighted by atomic mass is 10.3. The van der Waals surface area contributed by atoms with Crippen LogP contribution in [0.3, 0.4) is 0 Å². The number of aryl methyl sites for hydroxylation is 2. The zero-order chi connectivity index (χ0) is 21.1. The summed E-state index contributed by atoms with van der Waals surface area (Å²) in [7, 11) is 1.64. The number of rotatable bonds is 7. The number of aromatic nitrogens is 3. The number of carbonyl (C=O) groups excluding carboxylic acids is 1. The topological polar surface area (TPSA) is 72.7 Å². The summed E-state index contributed by atoms with van der Waals surface area (Å²) in [6.07, 6.45) is 0. The maximum atomic E-state index is 13.4. The molecule has 0 unspecified atom stereocenters. The number of methoxy groups -OCH3 is 1. The molecule has 0 N–H and O–H groups in total. The molecule has 0 atom stereocenters. The van der Waals surface area contributed by atoms with Gasteiger partial charge in [-0.2, -0.15) is 5.10 Å². The quantitative estimate of drug-likeness (QED) is 0.575. The Morgan fingerprint density at radius 3 is 2.80 bits per heavy atom. The molecule has 1 aliphatic rings. The van der Waals surface area contributed by atoms with Crippen molar-refractivity contribution in [3.8, 4) is 5.75 Å². The van der Waals surface area contributed by atoms with Crippen LogP contribution in [-0.4, -0.2) is 72.1 Å². The summed E-state index contributed by atoms with van der Waals surface area (Å²) in [6.45, 7) is 9.25. The van der Waals surface area contributed by atoms with Crippen molar-refractivity contribution in [1.82, 2.24) is 19.7 Å². The Morgan fingerprint density at radius 1 is 1.30 bits per heavy atom. The summed E-state index contributed by atoms with van der Waals surface area (Å²) in [6, 6.07) is 7.65. The maximum Gasteiger partial charge on any atom is 0.280 e. The van der Waals surface area contributed by atoms with E-state index in [0.29, 0.717) is 17.4 Å². The van der Waals surface area contributed by atoms with Gasteiger partial charge in [-0.3, -0.25) is 19.3 Å². The SMILES string of the molecule is CCn1nc(C(=O)N(CCN2CCOCC2)c2nc3cc(OC)ccc3s2)cc1C. The molecule has 0 spiro atoms. The molecule has 1 aromatic carbocycles. The number of nitrogens with zero attached hydrogens (tertiary/aromatic N) is 5. The Morgan fingerprint density at radius 2 is 2.10 bits per heavy atom. The smallest absolute Gasteiger partial charge is 0.280 e. The molecule has 1 saturated heterocycles. The van der Waals surface area contributed by atoms with Crippen molar-refractivity contribution < 1.29 is 14.3 Å². The highest BCUT2D eigenvalue weighted by atomic mass is 32.1. The molecule has 30 heavy (non-hydrogen) atoms. The lowest BCUT2D eigenvalue weighted by Gasteiger charge is -2.29. The van der Waals surface area contributed by atoms with E-state index in [2.05, 4.69) is 10.00 Å². The van der Waals surface area contributed by atoms with Crippen LogP contribution in [0, 0.1) is 6.92 Å². The number of carbonyl (C=O) groups is 1. The number of morpholine rings is 1. The molecule has 9 heteroatoms. The van der Waals surface area contributed by atoms with E-state index in [0.717, 1.165) is 61.1 Å². The minimum absolute atomic E-state index is 0.121. The van der Waals surface area contributed by atoms with Gasteiger partial charge in [0, 0.05) is 44.5 Å². The Bertz CT molecular complexity index is 1020. The number of fused-ring (bicyclic) bond motifs is 1. The van der Waals surface area contributed by atoms with E-state index < -0.39 is 0 Å². The van der Waals surface area contributed by atoms with Crippen LogP contribution >= 0.6 is 11.3 Å². The second kappa shape index (κ2) is 9.11. The lowest BCUT2D eigenvalue weighted by Crippen LogP contribution is -2.43. The molecule has 2 aromatic heterocycles. The van der Waals surface area contributed by atoms with Crippen molar-refractivity contribution in [2.24, 2.45) is 0 Å². The highest BCUT2D eigenvalue weighted by molar-refractivity contribution is 7.22. The van der Waals surface area contributed by atoms with Gasteiger partial charge < -0.3 is 9.47 Å². The van der Waals surface area contributed by atoms with Crippen LogP contribution in [0.15, 0.2) is 24.3 Å². The monoisotopic (exact) mass is 429 g/mol. The standard InChI is InChI=1S/C21H27N5O3S/c1-4-26-15(2)13-18(23-26)20(27)25(8-7-24-9-11-29-12-10-24)21-22-17-14-16(28-3)5-6-19(17)30-21/h5-6,13-14H,4,7-12H2,1-3H3. The van der Waals surface area contributed by atoms with Crippen LogP contribution in [0.4, 0.5) is 5.13 Å². The van der Waals surface area contributed by atoms with Gasteiger partial charge in [0.1, 0.15) is 5.75 Å². The van der Waals surface area contributed by atoms with E-state index in [1.54, 1.807) is 12.0 Å². The van der Waals surface area contributed by atoms with Crippen LogP contribution < -0.4 is 9.64 Å². The average Bonchev–Trinajstić information content (AvgIpc) is 3.36. The number of ether oxygens (including phenoxy) is 2. The fourth-order valence-corrected chi connectivity index (χ4v) is 4.53. The average molecular weight is 430 g/mol. The van der Waals surface area contributed by atoms with E-state index >= 15 is 0 Å². The molecule has 1 aliphatic heterocycles. The fourth-order valence-electron chi connectivity index (χ4n) is 3.56. The second-order valence-electron chi connectivity index (χ2n) is 7.23. The summed E-state index contributed by atoms with van der Waals surface area (Å²) < 4.78 is 13.6. The van der Waals surface area contributed by atoms with Crippen molar-refractivity contribution in [3.05, 3.63) is 35.7 Å². The molecular formula is C21H27N5O3S. The van der Waals surface area contributed by atoms with Crippen LogP contribution in [0.5, 0.6) is 5.75 Å². The predicted octanol–water partition coefficient (Wildman–Crippen LogP) is 2.81. The Balaban J connectivity index is 1.64. The largest absolute Gasteiger partial charge is 0.497 e. The van der Waals surface area contributed by atoms with Crippen LogP contribution in [0.1, 0.15) is 23.1 Å². The maximum absolute atomic E-state index is 13.4. The van der Waals surface area contributed by atoms with Gasteiger partial charge >= 0.3 is 0 Å². The molecule has 3 heterocycles. The van der Waals surface area contributed by atoms with Crippen LogP contribution in [-0.2, 0) is 11.3 Å². The number of benzene rings is 1. The van der Waals surface area contributed by atoms with Gasteiger partial charge in [-0.25, -0.2) is 4.98 Å². The van der Waals surface area contributed by atoms with Gasteiger partial charge in [0.05, 0.1) is 30.5 Å². The molecule has 1 fully saturated rings. The van der Waals surface area contributed by atoms with Gasteiger partial charge in [0.15, 0.2) is 10.8 Å². The molecule has 0 bridgehead atoms. The van der Waals surface area contributed by atoms with Gasteiger partial charge in [0.25, 0.3) is 5.91 Å². The third-order valence-corrected chi connectivity index (χ3v) is 6.36. The van der Waals surface area contributed by atoms with Crippen LogP contribution in [0.25, 0.3) is 10.2 Å². The first-order valence-electron chi connectivity index (χ1n) is 10.2. The Hall–Kier alpha value is -2.49. The summed E-state index contributed by atoms with van der Waals surface area (Å²) >= 11 is 1.51. The molecule has 8 nitrogen and oxygen atoms in total. The fraction of sp³-hybridized carbons (Fsp3) is 0.476. The first kappa shape index (κ1) is 20.8. The minimum atomic E-state index is -0.121. The predicted molar refractivity (Wildman–Crippen MR) is 118 cm³/mol. The van der Waals surface area contributed by atoms with E-state index in [-0.39, 0.29) is 5.91 Å². The van der Waals surface area contributed by atoms with Gasteiger partial charge in [0.2, 0.25) is 0 Å². The second-order valence-corrected chi connectivity index (χ2v) is 8.24. The number of hydrogen-bond acceptors (Lipinski definition) is 7. The van der Waals surface area contributed by atoms with Crippen molar-refractivity contribution in [2.45, 2.75) is 20.4 Å². The zero-order valence-electron chi connectivity index (χ0n) is 17.6. The van der Waals surface area contributed by atoms with E-state index in [1.165, 1.54) is 11.3 Å². The van der Waals surface area contributed by atoms with Gasteiger partial charge in [-0.1, -0.05) is 11.3 Å². The zero-order valence-corrected chi connectivity index (χ0v) is 18.4. The van der Waals surface area contributed by atoms with Crippen molar-refractivity contribution in [2.75, 3.05) is 51.4 Å². The Kier molecular flexibility index (Phi) is 6.31. The third kappa shape index (κ3) is 4.33. The molecule has 0 radical (unpaired) electrons. The number of amides is 1. The molecule has 4 rings (SSSR count). The molecule has 1 amide bonds. The van der Waals surface area contributed by atoms with E-state index in [1.807, 2.05) is 42.8 Å². The van der Waals surface area contributed by atoms with Crippen LogP contribution in [0.2, 0.25) is 0 Å². The van der Waals surface area contributed by atoms with E-state index in [9.17, 15) is 4.79 Å². The summed E-state index contributed by atoms with van der Waals surface area (Å²) in [5.41, 5.74) is 2.25. The molecule has 3 aromatic rings. The number of anilines is 1. The van der Waals surface area contributed by atoms with Crippen molar-refractivity contribution in [1.29, 1.82) is 0 Å². The highest BCUT2D eigenvalue weighted by Crippen LogP contribution is 2.32. The number of hydrogen-bond donors (Lipinski definition) is 0.